The third-order valence-corrected chi connectivity index (χ3v) is 3.54. The average Bonchev–Trinajstić information content (AvgIpc) is 2.78. The molecule has 82 valence electrons. The molecule has 5 heteroatoms. The molecule has 1 fully saturated rings. The number of alkyl halides is 2. The van der Waals surface area contributed by atoms with Gasteiger partial charge >= 0.3 is 0 Å². The first-order valence-electron chi connectivity index (χ1n) is 4.53. The van der Waals surface area contributed by atoms with Crippen LogP contribution in [0.4, 0.5) is 8.78 Å². The van der Waals surface area contributed by atoms with Crippen molar-refractivity contribution in [2.45, 2.75) is 44.8 Å². The van der Waals surface area contributed by atoms with Crippen LogP contribution in [0.5, 0.6) is 0 Å². The van der Waals surface area contributed by atoms with Gasteiger partial charge in [-0.15, -0.1) is 0 Å². The van der Waals surface area contributed by atoms with Gasteiger partial charge in [0.15, 0.2) is 0 Å². The summed E-state index contributed by atoms with van der Waals surface area (Å²) in [6.45, 7) is 5.30. The van der Waals surface area contributed by atoms with Crippen molar-refractivity contribution in [1.82, 2.24) is 0 Å². The summed E-state index contributed by atoms with van der Waals surface area (Å²) in [6, 6.07) is 0. The van der Waals surface area contributed by atoms with E-state index in [4.69, 9.17) is 0 Å². The molecule has 0 aliphatic heterocycles. The molecule has 2 nitrogen and oxygen atoms in total. The fourth-order valence-electron chi connectivity index (χ4n) is 0.859. The summed E-state index contributed by atoms with van der Waals surface area (Å²) in [5.74, 6) is 0. The molecule has 1 atom stereocenters. The van der Waals surface area contributed by atoms with Crippen LogP contribution < -0.4 is 0 Å². The highest BCUT2D eigenvalue weighted by atomic mass is 32.2. The van der Waals surface area contributed by atoms with Gasteiger partial charge in [-0.25, -0.2) is 13.0 Å². The van der Waals surface area contributed by atoms with Crippen molar-refractivity contribution < 1.29 is 13.0 Å². The number of nitrogens with zero attached hydrogens (tertiary/aromatic N) is 1. The average molecular weight is 223 g/mol. The van der Waals surface area contributed by atoms with Crippen molar-refractivity contribution in [2.75, 3.05) is 0 Å². The first-order chi connectivity index (χ1) is 6.28. The Labute approximate surface area is 85.4 Å². The van der Waals surface area contributed by atoms with Gasteiger partial charge in [0.25, 0.3) is 0 Å². The Morgan fingerprint density at radius 3 is 2.21 bits per heavy atom. The molecule has 0 aromatic heterocycles. The van der Waals surface area contributed by atoms with Crippen molar-refractivity contribution in [3.8, 4) is 0 Å². The lowest BCUT2D eigenvalue weighted by Gasteiger charge is -2.14. The lowest BCUT2D eigenvalue weighted by Crippen LogP contribution is -2.21. The normalized spacial score (nSPS) is 23.0. The Morgan fingerprint density at radius 2 is 1.93 bits per heavy atom. The van der Waals surface area contributed by atoms with E-state index < -0.39 is 27.6 Å². The van der Waals surface area contributed by atoms with Gasteiger partial charge in [0, 0.05) is 6.21 Å². The monoisotopic (exact) mass is 223 g/mol. The van der Waals surface area contributed by atoms with Crippen LogP contribution in [-0.2, 0) is 11.0 Å². The highest BCUT2D eigenvalue weighted by Crippen LogP contribution is 2.49. The maximum atomic E-state index is 12.4. The molecular weight excluding hydrogens is 208 g/mol. The second-order valence-corrected chi connectivity index (χ2v) is 6.56. The van der Waals surface area contributed by atoms with Crippen molar-refractivity contribution in [3.63, 3.8) is 0 Å². The lowest BCUT2D eigenvalue weighted by atomic mass is 10.1. The minimum atomic E-state index is -2.39. The van der Waals surface area contributed by atoms with Gasteiger partial charge in [0.05, 0.1) is 10.2 Å². The van der Waals surface area contributed by atoms with E-state index in [9.17, 15) is 13.0 Å². The van der Waals surface area contributed by atoms with Crippen LogP contribution in [0.2, 0.25) is 0 Å². The molecule has 0 N–H and O–H groups in total. The van der Waals surface area contributed by atoms with E-state index in [1.54, 1.807) is 20.8 Å². The van der Waals surface area contributed by atoms with Gasteiger partial charge in [-0.05, 0) is 33.6 Å². The summed E-state index contributed by atoms with van der Waals surface area (Å²) >= 11 is 0. The fraction of sp³-hybridized carbons (Fsp3) is 0.889. The molecule has 1 rings (SSSR count). The van der Waals surface area contributed by atoms with Gasteiger partial charge in [-0.2, -0.15) is 4.40 Å². The Balaban J connectivity index is 2.61. The van der Waals surface area contributed by atoms with Gasteiger partial charge in [0.2, 0.25) is 6.43 Å². The van der Waals surface area contributed by atoms with Crippen LogP contribution in [-0.4, -0.2) is 21.6 Å². The van der Waals surface area contributed by atoms with E-state index in [0.29, 0.717) is 12.8 Å². The Morgan fingerprint density at radius 1 is 1.43 bits per heavy atom. The van der Waals surface area contributed by atoms with Crippen molar-refractivity contribution in [1.29, 1.82) is 0 Å². The van der Waals surface area contributed by atoms with E-state index in [2.05, 4.69) is 4.40 Å². The summed E-state index contributed by atoms with van der Waals surface area (Å²) in [5, 5.41) is 0. The molecule has 0 spiro atoms. The molecule has 1 saturated carbocycles. The van der Waals surface area contributed by atoms with E-state index in [1.807, 2.05) is 0 Å². The van der Waals surface area contributed by atoms with Crippen molar-refractivity contribution >= 4 is 17.2 Å². The van der Waals surface area contributed by atoms with E-state index in [-0.39, 0.29) is 0 Å². The minimum Gasteiger partial charge on any atom is -0.234 e. The highest BCUT2D eigenvalue weighted by Gasteiger charge is 2.50. The number of rotatable bonds is 3. The maximum absolute atomic E-state index is 12.4. The molecule has 0 saturated heterocycles. The summed E-state index contributed by atoms with van der Waals surface area (Å²) in [6.07, 6.45) is -0.285. The second kappa shape index (κ2) is 3.68. The minimum absolute atomic E-state index is 0.454. The predicted octanol–water partition coefficient (Wildman–Crippen LogP) is 2.56. The van der Waals surface area contributed by atoms with E-state index in [0.717, 1.165) is 0 Å². The van der Waals surface area contributed by atoms with Gasteiger partial charge in [0.1, 0.15) is 11.0 Å². The maximum Gasteiger partial charge on any atom is 0.249 e. The Hall–Kier alpha value is -0.320. The third kappa shape index (κ3) is 2.59. The standard InChI is InChI=1S/C9H15F2NOS/c1-8(2,3)14(13)12-6-9(4-5-9)7(10)11/h6-7H,4-5H2,1-3H3/b12-6+. The van der Waals surface area contributed by atoms with Crippen LogP contribution in [0, 0.1) is 5.41 Å². The molecule has 0 radical (unpaired) electrons. The quantitative estimate of drug-likeness (QED) is 0.676. The molecule has 1 aliphatic rings. The van der Waals surface area contributed by atoms with Crippen LogP contribution >= 0.6 is 0 Å². The SMILES string of the molecule is CC(C)(C)S(=O)/N=C/C1(C(F)F)CC1. The first-order valence-corrected chi connectivity index (χ1v) is 5.64. The van der Waals surface area contributed by atoms with E-state index >= 15 is 0 Å². The third-order valence-electron chi connectivity index (χ3n) is 2.19. The topological polar surface area (TPSA) is 29.4 Å². The first kappa shape index (κ1) is 11.8. The van der Waals surface area contributed by atoms with Gasteiger partial charge < -0.3 is 0 Å². The molecule has 0 heterocycles. The largest absolute Gasteiger partial charge is 0.249 e. The van der Waals surface area contributed by atoms with Gasteiger partial charge in [-0.3, -0.25) is 0 Å². The van der Waals surface area contributed by atoms with Crippen molar-refractivity contribution in [2.24, 2.45) is 9.81 Å². The zero-order chi connectivity index (χ0) is 11.0. The van der Waals surface area contributed by atoms with Crippen molar-refractivity contribution in [3.05, 3.63) is 0 Å². The zero-order valence-corrected chi connectivity index (χ0v) is 9.41. The number of hydrogen-bond acceptors (Lipinski definition) is 1. The molecule has 1 unspecified atom stereocenters. The summed E-state index contributed by atoms with van der Waals surface area (Å²) in [7, 11) is -1.42. The number of halogens is 2. The van der Waals surface area contributed by atoms with E-state index in [1.165, 1.54) is 6.21 Å². The molecule has 0 amide bonds. The summed E-state index contributed by atoms with van der Waals surface area (Å²) in [5.41, 5.74) is -1.07. The lowest BCUT2D eigenvalue weighted by molar-refractivity contribution is 0.0993. The molecule has 0 aromatic carbocycles. The fourth-order valence-corrected chi connectivity index (χ4v) is 1.48. The molecule has 0 bridgehead atoms. The summed E-state index contributed by atoms with van der Waals surface area (Å²) in [4.78, 5) is 0. The second-order valence-electron chi connectivity index (χ2n) is 4.63. The summed E-state index contributed by atoms with van der Waals surface area (Å²) < 4.78 is 39.5. The highest BCUT2D eigenvalue weighted by molar-refractivity contribution is 7.85. The number of hydrogen-bond donors (Lipinski definition) is 0. The Kier molecular flexibility index (Phi) is 3.09. The predicted molar refractivity (Wildman–Crippen MR) is 54.1 cm³/mol. The van der Waals surface area contributed by atoms with Crippen LogP contribution in [0.15, 0.2) is 4.40 Å². The molecule has 14 heavy (non-hydrogen) atoms. The Bertz CT molecular complexity index is 266. The van der Waals surface area contributed by atoms with Crippen LogP contribution in [0.25, 0.3) is 0 Å². The van der Waals surface area contributed by atoms with Gasteiger partial charge in [-0.1, -0.05) is 0 Å². The van der Waals surface area contributed by atoms with Crippen LogP contribution in [0.3, 0.4) is 0 Å². The molecule has 0 aromatic rings. The van der Waals surface area contributed by atoms with Crippen LogP contribution in [0.1, 0.15) is 33.6 Å². The zero-order valence-electron chi connectivity index (χ0n) is 8.59. The molecule has 1 aliphatic carbocycles. The molecular formula is C9H15F2NOS. The smallest absolute Gasteiger partial charge is 0.234 e.